The summed E-state index contributed by atoms with van der Waals surface area (Å²) in [7, 11) is 0. The monoisotopic (exact) mass is 284 g/mol. The van der Waals surface area contributed by atoms with E-state index in [-0.39, 0.29) is 18.8 Å². The van der Waals surface area contributed by atoms with Crippen molar-refractivity contribution in [1.82, 2.24) is 0 Å². The van der Waals surface area contributed by atoms with Crippen molar-refractivity contribution in [3.05, 3.63) is 71.3 Å². The number of rotatable bonds is 6. The molecule has 0 aromatic heterocycles. The van der Waals surface area contributed by atoms with Crippen LogP contribution < -0.4 is 0 Å². The minimum absolute atomic E-state index is 0.00227. The Labute approximate surface area is 122 Å². The highest BCUT2D eigenvalue weighted by Crippen LogP contribution is 2.28. The van der Waals surface area contributed by atoms with Gasteiger partial charge in [0.05, 0.1) is 12.8 Å². The van der Waals surface area contributed by atoms with Crippen LogP contribution in [0.4, 0.5) is 0 Å². The minimum atomic E-state index is -0.882. The zero-order valence-electron chi connectivity index (χ0n) is 11.4. The summed E-state index contributed by atoms with van der Waals surface area (Å²) in [5.74, 6) is -1.98. The number of benzene rings is 2. The molecule has 0 aliphatic carbocycles. The maximum absolute atomic E-state index is 11.1. The van der Waals surface area contributed by atoms with Gasteiger partial charge in [-0.1, -0.05) is 54.6 Å². The van der Waals surface area contributed by atoms with Crippen molar-refractivity contribution >= 4 is 11.9 Å². The van der Waals surface area contributed by atoms with E-state index in [4.69, 9.17) is 10.2 Å². The Kier molecular flexibility index (Phi) is 4.72. The van der Waals surface area contributed by atoms with Crippen LogP contribution in [-0.2, 0) is 16.0 Å². The Morgan fingerprint density at radius 1 is 0.810 bits per heavy atom. The van der Waals surface area contributed by atoms with Crippen LogP contribution in [0.15, 0.2) is 54.6 Å². The first-order chi connectivity index (χ1) is 10.1. The Balaban J connectivity index is 2.29. The molecule has 0 saturated carbocycles. The van der Waals surface area contributed by atoms with E-state index in [1.807, 2.05) is 30.3 Å². The van der Waals surface area contributed by atoms with E-state index in [1.54, 1.807) is 24.3 Å². The fourth-order valence-electron chi connectivity index (χ4n) is 2.33. The van der Waals surface area contributed by atoms with Gasteiger partial charge in [-0.15, -0.1) is 0 Å². The van der Waals surface area contributed by atoms with Gasteiger partial charge >= 0.3 is 11.9 Å². The second kappa shape index (κ2) is 6.70. The molecule has 4 nitrogen and oxygen atoms in total. The molecule has 108 valence electrons. The zero-order chi connectivity index (χ0) is 15.2. The molecule has 2 aromatic carbocycles. The molecule has 2 rings (SSSR count). The minimum Gasteiger partial charge on any atom is -0.481 e. The fourth-order valence-corrected chi connectivity index (χ4v) is 2.33. The van der Waals surface area contributed by atoms with Gasteiger partial charge in [-0.2, -0.15) is 0 Å². The molecule has 1 atom stereocenters. The van der Waals surface area contributed by atoms with Crippen molar-refractivity contribution in [2.45, 2.75) is 18.8 Å². The first-order valence-electron chi connectivity index (χ1n) is 6.63. The third kappa shape index (κ3) is 4.18. The molecule has 0 amide bonds. The summed E-state index contributed by atoms with van der Waals surface area (Å²) in [6.07, 6.45) is -0.0303. The molecule has 0 radical (unpaired) electrons. The Hall–Kier alpha value is -2.62. The average Bonchev–Trinajstić information content (AvgIpc) is 2.46. The van der Waals surface area contributed by atoms with Gasteiger partial charge in [0.2, 0.25) is 0 Å². The number of hydrogen-bond acceptors (Lipinski definition) is 2. The van der Waals surface area contributed by atoms with Crippen LogP contribution in [0.1, 0.15) is 29.0 Å². The lowest BCUT2D eigenvalue weighted by Crippen LogP contribution is -2.08. The van der Waals surface area contributed by atoms with Crippen molar-refractivity contribution < 1.29 is 19.8 Å². The molecule has 2 aromatic rings. The Morgan fingerprint density at radius 3 is 1.90 bits per heavy atom. The third-order valence-electron chi connectivity index (χ3n) is 3.32. The first-order valence-corrected chi connectivity index (χ1v) is 6.63. The zero-order valence-corrected chi connectivity index (χ0v) is 11.4. The standard InChI is InChI=1S/C17H16O4/c18-16(19)10-12-6-8-14(9-7-12)15(11-17(20)21)13-4-2-1-3-5-13/h1-9,15H,10-11H2,(H,18,19)(H,20,21)/t15-/m0/s1. The van der Waals surface area contributed by atoms with Crippen molar-refractivity contribution in [1.29, 1.82) is 0 Å². The van der Waals surface area contributed by atoms with E-state index in [1.165, 1.54) is 0 Å². The molecule has 0 unspecified atom stereocenters. The maximum atomic E-state index is 11.1. The van der Waals surface area contributed by atoms with Gasteiger partial charge in [0.15, 0.2) is 0 Å². The van der Waals surface area contributed by atoms with Crippen LogP contribution >= 0.6 is 0 Å². The second-order valence-corrected chi connectivity index (χ2v) is 4.87. The van der Waals surface area contributed by atoms with Gasteiger partial charge in [0.25, 0.3) is 0 Å². The van der Waals surface area contributed by atoms with Crippen LogP contribution in [0.25, 0.3) is 0 Å². The van der Waals surface area contributed by atoms with E-state index in [0.717, 1.165) is 11.1 Å². The predicted molar refractivity (Wildman–Crippen MR) is 78.3 cm³/mol. The van der Waals surface area contributed by atoms with E-state index in [9.17, 15) is 9.59 Å². The maximum Gasteiger partial charge on any atom is 0.307 e. The lowest BCUT2D eigenvalue weighted by atomic mass is 9.88. The van der Waals surface area contributed by atoms with Crippen LogP contribution in [0.3, 0.4) is 0 Å². The fraction of sp³-hybridized carbons (Fsp3) is 0.176. The highest BCUT2D eigenvalue weighted by molar-refractivity contribution is 5.70. The number of carbonyl (C=O) groups is 2. The topological polar surface area (TPSA) is 74.6 Å². The van der Waals surface area contributed by atoms with Crippen LogP contribution in [0.2, 0.25) is 0 Å². The van der Waals surface area contributed by atoms with E-state index in [2.05, 4.69) is 0 Å². The molecular formula is C17H16O4. The Morgan fingerprint density at radius 2 is 1.38 bits per heavy atom. The first kappa shape index (κ1) is 14.8. The molecule has 0 bridgehead atoms. The number of hydrogen-bond donors (Lipinski definition) is 2. The molecule has 0 aliphatic rings. The van der Waals surface area contributed by atoms with Gasteiger partial charge in [-0.25, -0.2) is 0 Å². The SMILES string of the molecule is O=C(O)Cc1ccc([C@@H](CC(=O)O)c2ccccc2)cc1. The molecule has 0 aliphatic heterocycles. The van der Waals surface area contributed by atoms with Crippen molar-refractivity contribution in [2.24, 2.45) is 0 Å². The summed E-state index contributed by atoms with van der Waals surface area (Å²) in [5.41, 5.74) is 2.51. The van der Waals surface area contributed by atoms with Gasteiger partial charge in [-0.3, -0.25) is 9.59 Å². The summed E-state index contributed by atoms with van der Waals surface area (Å²) >= 11 is 0. The van der Waals surface area contributed by atoms with Crippen molar-refractivity contribution in [3.8, 4) is 0 Å². The van der Waals surface area contributed by atoms with Gasteiger partial charge < -0.3 is 10.2 Å². The quantitative estimate of drug-likeness (QED) is 0.855. The molecule has 4 heteroatoms. The largest absolute Gasteiger partial charge is 0.481 e. The van der Waals surface area contributed by atoms with Crippen LogP contribution in [-0.4, -0.2) is 22.2 Å². The highest BCUT2D eigenvalue weighted by atomic mass is 16.4. The average molecular weight is 284 g/mol. The Bertz CT molecular complexity index is 617. The highest BCUT2D eigenvalue weighted by Gasteiger charge is 2.17. The van der Waals surface area contributed by atoms with E-state index < -0.39 is 11.9 Å². The number of carboxylic acids is 2. The summed E-state index contributed by atoms with van der Waals surface area (Å²) in [4.78, 5) is 21.8. The normalized spacial score (nSPS) is 11.8. The van der Waals surface area contributed by atoms with E-state index in [0.29, 0.717) is 5.56 Å². The predicted octanol–water partition coefficient (Wildman–Crippen LogP) is 2.92. The van der Waals surface area contributed by atoms with Crippen LogP contribution in [0.5, 0.6) is 0 Å². The smallest absolute Gasteiger partial charge is 0.307 e. The number of carboxylic acid groups (broad SMARTS) is 2. The van der Waals surface area contributed by atoms with Gasteiger partial charge in [0, 0.05) is 5.92 Å². The van der Waals surface area contributed by atoms with Crippen LogP contribution in [0, 0.1) is 0 Å². The summed E-state index contributed by atoms with van der Waals surface area (Å²) in [6.45, 7) is 0. The van der Waals surface area contributed by atoms with Gasteiger partial charge in [-0.05, 0) is 16.7 Å². The van der Waals surface area contributed by atoms with Crippen molar-refractivity contribution in [3.63, 3.8) is 0 Å². The summed E-state index contributed by atoms with van der Waals surface area (Å²) < 4.78 is 0. The van der Waals surface area contributed by atoms with Crippen molar-refractivity contribution in [2.75, 3.05) is 0 Å². The third-order valence-corrected chi connectivity index (χ3v) is 3.32. The molecule has 0 spiro atoms. The summed E-state index contributed by atoms with van der Waals surface area (Å²) in [5, 5.41) is 17.9. The lowest BCUT2D eigenvalue weighted by molar-refractivity contribution is -0.137. The van der Waals surface area contributed by atoms with Gasteiger partial charge in [0.1, 0.15) is 0 Å². The molecule has 21 heavy (non-hydrogen) atoms. The molecule has 2 N–H and O–H groups in total. The summed E-state index contributed by atoms with van der Waals surface area (Å²) in [6, 6.07) is 16.5. The molecule has 0 saturated heterocycles. The van der Waals surface area contributed by atoms with E-state index >= 15 is 0 Å². The molecule has 0 heterocycles. The molecular weight excluding hydrogens is 268 g/mol. The second-order valence-electron chi connectivity index (χ2n) is 4.87. The lowest BCUT2D eigenvalue weighted by Gasteiger charge is -2.16. The molecule has 0 fully saturated rings. The number of aliphatic carboxylic acids is 2.